The lowest BCUT2D eigenvalue weighted by Crippen LogP contribution is -1.95. The van der Waals surface area contributed by atoms with Gasteiger partial charge in [0.1, 0.15) is 5.76 Å². The van der Waals surface area contributed by atoms with Crippen LogP contribution in [0, 0.1) is 5.14 Å². The Bertz CT molecular complexity index is 904. The van der Waals surface area contributed by atoms with Gasteiger partial charge in [0.25, 0.3) is 0 Å². The molecule has 4 rings (SSSR count). The summed E-state index contributed by atoms with van der Waals surface area (Å²) in [6.45, 7) is 0. The molecule has 0 saturated heterocycles. The monoisotopic (exact) mass is 290 g/mol. The highest BCUT2D eigenvalue weighted by Gasteiger charge is 2.12. The first-order chi connectivity index (χ1) is 10.3. The third-order valence-electron chi connectivity index (χ3n) is 4.01. The number of allylic oxidation sites excluding steroid dienone is 1. The topological polar surface area (TPSA) is 13.1 Å². The summed E-state index contributed by atoms with van der Waals surface area (Å²) in [7, 11) is 3.65. The third-order valence-corrected chi connectivity index (χ3v) is 4.38. The van der Waals surface area contributed by atoms with Crippen molar-refractivity contribution in [3.8, 4) is 11.1 Å². The van der Waals surface area contributed by atoms with Crippen LogP contribution in [0.25, 0.3) is 28.0 Å². The van der Waals surface area contributed by atoms with E-state index in [2.05, 4.69) is 63.5 Å². The van der Waals surface area contributed by atoms with Gasteiger partial charge in [0.15, 0.2) is 5.14 Å². The number of rotatable bonds is 1. The highest BCUT2D eigenvalue weighted by Crippen LogP contribution is 2.32. The zero-order valence-corrected chi connectivity index (χ0v) is 12.6. The van der Waals surface area contributed by atoms with Gasteiger partial charge in [-0.2, -0.15) is 0 Å². The molecule has 0 spiro atoms. The number of benzene rings is 2. The number of fused-ring (bicyclic) bond motifs is 3. The largest absolute Gasteiger partial charge is 0.456 e. The van der Waals surface area contributed by atoms with Crippen molar-refractivity contribution < 1.29 is 4.42 Å². The molecule has 0 saturated carbocycles. The molecule has 1 aromatic heterocycles. The van der Waals surface area contributed by atoms with Crippen LogP contribution in [0.5, 0.6) is 0 Å². The lowest BCUT2D eigenvalue weighted by atomic mass is 9.96. The maximum absolute atomic E-state index is 5.97. The Kier molecular flexibility index (Phi) is 3.02. The first-order valence-corrected chi connectivity index (χ1v) is 7.69. The number of hydrogen-bond donors (Lipinski definition) is 0. The van der Waals surface area contributed by atoms with Crippen LogP contribution in [0.3, 0.4) is 0 Å². The van der Waals surface area contributed by atoms with Crippen molar-refractivity contribution in [3.05, 3.63) is 71.1 Å². The Balaban J connectivity index is 2.00. The minimum Gasteiger partial charge on any atom is -0.456 e. The van der Waals surface area contributed by atoms with Crippen LogP contribution in [-0.4, -0.2) is 0 Å². The lowest BCUT2D eigenvalue weighted by Gasteiger charge is -2.13. The van der Waals surface area contributed by atoms with E-state index < -0.39 is 0 Å². The average molecular weight is 290 g/mol. The molecule has 0 aliphatic heterocycles. The zero-order valence-electron chi connectivity index (χ0n) is 11.6. The predicted molar refractivity (Wildman–Crippen MR) is 90.6 cm³/mol. The second-order valence-electron chi connectivity index (χ2n) is 5.34. The summed E-state index contributed by atoms with van der Waals surface area (Å²) >= 11 is 0. The van der Waals surface area contributed by atoms with Gasteiger partial charge in [0.2, 0.25) is 0 Å². The van der Waals surface area contributed by atoms with Crippen molar-refractivity contribution in [1.29, 1.82) is 0 Å². The highest BCUT2D eigenvalue weighted by atomic mass is 31.0. The summed E-state index contributed by atoms with van der Waals surface area (Å²) in [5.74, 6) is 1.07. The van der Waals surface area contributed by atoms with Gasteiger partial charge in [-0.3, -0.25) is 0 Å². The van der Waals surface area contributed by atoms with Gasteiger partial charge >= 0.3 is 0 Å². The molecular formula is C19H15OP. The maximum atomic E-state index is 5.97. The van der Waals surface area contributed by atoms with E-state index in [1.165, 1.54) is 22.1 Å². The molecule has 0 unspecified atom stereocenters. The SMILES string of the molecule is P=c1oc2c(c3ccc(-c4ccccc4)cc13)C=CCC2. The zero-order chi connectivity index (χ0) is 14.2. The van der Waals surface area contributed by atoms with Crippen LogP contribution in [0.15, 0.2) is 59.0 Å². The van der Waals surface area contributed by atoms with Crippen LogP contribution in [-0.2, 0) is 6.42 Å². The molecule has 0 atom stereocenters. The van der Waals surface area contributed by atoms with Crippen molar-refractivity contribution in [2.75, 3.05) is 0 Å². The Hall–Kier alpha value is -2.11. The average Bonchev–Trinajstić information content (AvgIpc) is 2.55. The quantitative estimate of drug-likeness (QED) is 0.521. The second-order valence-corrected chi connectivity index (χ2v) is 5.79. The van der Waals surface area contributed by atoms with E-state index in [4.69, 9.17) is 4.42 Å². The molecule has 1 aliphatic carbocycles. The molecule has 0 radical (unpaired) electrons. The van der Waals surface area contributed by atoms with Crippen LogP contribution in [0.4, 0.5) is 0 Å². The molecule has 0 amide bonds. The van der Waals surface area contributed by atoms with Crippen molar-refractivity contribution in [2.24, 2.45) is 0 Å². The summed E-state index contributed by atoms with van der Waals surface area (Å²) in [5.41, 5.74) is 3.65. The van der Waals surface area contributed by atoms with Gasteiger partial charge in [-0.15, -0.1) is 0 Å². The molecule has 2 aromatic carbocycles. The van der Waals surface area contributed by atoms with Crippen molar-refractivity contribution >= 4 is 25.7 Å². The minimum atomic E-state index is 0.817. The maximum Gasteiger partial charge on any atom is 0.153 e. The van der Waals surface area contributed by atoms with Crippen LogP contribution in [0.1, 0.15) is 17.7 Å². The summed E-state index contributed by atoms with van der Waals surface area (Å²) in [4.78, 5) is 0. The second kappa shape index (κ2) is 5.02. The van der Waals surface area contributed by atoms with Crippen molar-refractivity contribution in [1.82, 2.24) is 0 Å². The normalized spacial score (nSPS) is 13.3. The Morgan fingerprint density at radius 3 is 2.62 bits per heavy atom. The highest BCUT2D eigenvalue weighted by molar-refractivity contribution is 7.07. The van der Waals surface area contributed by atoms with Crippen LogP contribution >= 0.6 is 8.86 Å². The number of hydrogen-bond acceptors (Lipinski definition) is 1. The molecule has 0 bridgehead atoms. The molecule has 1 aliphatic rings. The smallest absolute Gasteiger partial charge is 0.153 e. The predicted octanol–water partition coefficient (Wildman–Crippen LogP) is 5.73. The van der Waals surface area contributed by atoms with Crippen molar-refractivity contribution in [2.45, 2.75) is 12.8 Å². The van der Waals surface area contributed by atoms with Gasteiger partial charge in [-0.05, 0) is 29.0 Å². The molecule has 21 heavy (non-hydrogen) atoms. The molecule has 3 aromatic rings. The van der Waals surface area contributed by atoms with E-state index in [1.807, 2.05) is 6.07 Å². The molecule has 102 valence electrons. The first kappa shape index (κ1) is 12.6. The number of aryl methyl sites for hydroxylation is 1. The van der Waals surface area contributed by atoms with Crippen molar-refractivity contribution in [3.63, 3.8) is 0 Å². The minimum absolute atomic E-state index is 0.817. The molecule has 1 heterocycles. The Labute approximate surface area is 125 Å². The molecule has 2 heteroatoms. The fourth-order valence-electron chi connectivity index (χ4n) is 2.94. The Morgan fingerprint density at radius 2 is 1.76 bits per heavy atom. The van der Waals surface area contributed by atoms with Gasteiger partial charge in [-0.25, -0.2) is 0 Å². The lowest BCUT2D eigenvalue weighted by molar-refractivity contribution is 0.482. The van der Waals surface area contributed by atoms with E-state index in [0.29, 0.717) is 0 Å². The standard InChI is InChI=1S/C19H15OP/c21-19-17-12-14(13-6-2-1-3-7-13)10-11-15(17)16-8-4-5-9-18(16)20-19/h1-4,6-8,10-12,21H,5,9H2. The molecule has 0 N–H and O–H groups in total. The molecular weight excluding hydrogens is 275 g/mol. The summed E-state index contributed by atoms with van der Waals surface area (Å²) in [6, 6.07) is 17.0. The van der Waals surface area contributed by atoms with E-state index in [-0.39, 0.29) is 0 Å². The fourth-order valence-corrected chi connectivity index (χ4v) is 3.27. The summed E-state index contributed by atoms with van der Waals surface area (Å²) in [6.07, 6.45) is 6.42. The first-order valence-electron chi connectivity index (χ1n) is 7.19. The van der Waals surface area contributed by atoms with Gasteiger partial charge < -0.3 is 4.42 Å². The van der Waals surface area contributed by atoms with Gasteiger partial charge in [-0.1, -0.05) is 63.5 Å². The van der Waals surface area contributed by atoms with E-state index in [0.717, 1.165) is 29.1 Å². The van der Waals surface area contributed by atoms with E-state index >= 15 is 0 Å². The van der Waals surface area contributed by atoms with E-state index in [9.17, 15) is 0 Å². The summed E-state index contributed by atoms with van der Waals surface area (Å²) in [5, 5.41) is 3.19. The Morgan fingerprint density at radius 1 is 0.905 bits per heavy atom. The fraction of sp³-hybridized carbons (Fsp3) is 0.105. The summed E-state index contributed by atoms with van der Waals surface area (Å²) < 4.78 is 5.97. The third kappa shape index (κ3) is 2.14. The van der Waals surface area contributed by atoms with E-state index in [1.54, 1.807) is 0 Å². The molecule has 1 nitrogen and oxygen atoms in total. The molecule has 0 fully saturated rings. The van der Waals surface area contributed by atoms with Crippen LogP contribution in [0.2, 0.25) is 0 Å². The van der Waals surface area contributed by atoms with Gasteiger partial charge in [0.05, 0.1) is 0 Å². The van der Waals surface area contributed by atoms with Crippen LogP contribution < -0.4 is 0 Å². The van der Waals surface area contributed by atoms with Gasteiger partial charge in [0, 0.05) is 17.4 Å².